The molecule has 0 aliphatic rings. The molecular weight excluding hydrogens is 291 g/mol. The van der Waals surface area contributed by atoms with Gasteiger partial charge in [0.25, 0.3) is 0 Å². The second-order valence-electron chi connectivity index (χ2n) is 4.55. The number of methoxy groups -OCH3 is 1. The zero-order chi connectivity index (χ0) is 15.2. The fraction of sp³-hybridized carbons (Fsp3) is 0.571. The molecule has 0 bridgehead atoms. The standard InChI is InChI=1S/C14H19ClF3NO/c1-3-8-19-12(6-7-14(16,17)18)10-4-5-13(20-2)11(15)9-10/h4-5,9,12,19H,3,6-8H2,1-2H3. The molecule has 1 rings (SSSR count). The molecular formula is C14H19ClF3NO. The van der Waals surface area contributed by atoms with Crippen LogP contribution in [-0.4, -0.2) is 19.8 Å². The van der Waals surface area contributed by atoms with Crippen molar-refractivity contribution in [1.82, 2.24) is 5.32 Å². The third kappa shape index (κ3) is 5.59. The van der Waals surface area contributed by atoms with Gasteiger partial charge in [-0.05, 0) is 37.1 Å². The Morgan fingerprint density at radius 1 is 1.35 bits per heavy atom. The van der Waals surface area contributed by atoms with Crippen LogP contribution in [0.5, 0.6) is 5.75 Å². The fourth-order valence-corrected chi connectivity index (χ4v) is 2.18. The molecule has 6 heteroatoms. The van der Waals surface area contributed by atoms with Gasteiger partial charge in [-0.15, -0.1) is 0 Å². The van der Waals surface area contributed by atoms with Crippen LogP contribution in [-0.2, 0) is 0 Å². The van der Waals surface area contributed by atoms with Gasteiger partial charge in [0, 0.05) is 12.5 Å². The number of alkyl halides is 3. The van der Waals surface area contributed by atoms with Crippen molar-refractivity contribution in [3.05, 3.63) is 28.8 Å². The van der Waals surface area contributed by atoms with Crippen LogP contribution in [0.15, 0.2) is 18.2 Å². The van der Waals surface area contributed by atoms with Gasteiger partial charge in [-0.2, -0.15) is 13.2 Å². The van der Waals surface area contributed by atoms with Crippen molar-refractivity contribution in [2.45, 2.75) is 38.4 Å². The van der Waals surface area contributed by atoms with Crippen molar-refractivity contribution in [1.29, 1.82) is 0 Å². The molecule has 1 N–H and O–H groups in total. The Labute approximate surface area is 122 Å². The topological polar surface area (TPSA) is 21.3 Å². The molecule has 0 saturated carbocycles. The highest BCUT2D eigenvalue weighted by Crippen LogP contribution is 2.31. The Morgan fingerprint density at radius 3 is 2.55 bits per heavy atom. The highest BCUT2D eigenvalue weighted by Gasteiger charge is 2.28. The number of halogens is 4. The summed E-state index contributed by atoms with van der Waals surface area (Å²) in [5.41, 5.74) is 0.744. The molecule has 20 heavy (non-hydrogen) atoms. The van der Waals surface area contributed by atoms with E-state index in [1.165, 1.54) is 7.11 Å². The zero-order valence-electron chi connectivity index (χ0n) is 11.6. The maximum atomic E-state index is 12.4. The molecule has 2 nitrogen and oxygen atoms in total. The van der Waals surface area contributed by atoms with Gasteiger partial charge >= 0.3 is 6.18 Å². The van der Waals surface area contributed by atoms with Gasteiger partial charge in [0.15, 0.2) is 0 Å². The van der Waals surface area contributed by atoms with E-state index >= 15 is 0 Å². The Morgan fingerprint density at radius 2 is 2.05 bits per heavy atom. The first-order valence-corrected chi connectivity index (χ1v) is 6.88. The lowest BCUT2D eigenvalue weighted by molar-refractivity contribution is -0.136. The molecule has 0 aromatic heterocycles. The molecule has 0 saturated heterocycles. The van der Waals surface area contributed by atoms with Gasteiger partial charge in [0.1, 0.15) is 5.75 Å². The van der Waals surface area contributed by atoms with E-state index in [2.05, 4.69) is 5.32 Å². The van der Waals surface area contributed by atoms with E-state index in [9.17, 15) is 13.2 Å². The lowest BCUT2D eigenvalue weighted by atomic mass is 10.0. The number of benzene rings is 1. The smallest absolute Gasteiger partial charge is 0.389 e. The summed E-state index contributed by atoms with van der Waals surface area (Å²) < 4.78 is 42.2. The molecule has 0 spiro atoms. The molecule has 114 valence electrons. The van der Waals surface area contributed by atoms with Gasteiger partial charge in [0.2, 0.25) is 0 Å². The molecule has 0 amide bonds. The van der Waals surface area contributed by atoms with E-state index in [0.717, 1.165) is 12.0 Å². The second-order valence-corrected chi connectivity index (χ2v) is 4.96. The summed E-state index contributed by atoms with van der Waals surface area (Å²) >= 11 is 6.02. The van der Waals surface area contributed by atoms with E-state index in [1.54, 1.807) is 18.2 Å². The number of hydrogen-bond donors (Lipinski definition) is 1. The van der Waals surface area contributed by atoms with Gasteiger partial charge < -0.3 is 10.1 Å². The molecule has 0 radical (unpaired) electrons. The van der Waals surface area contributed by atoms with Crippen LogP contribution in [0.1, 0.15) is 37.8 Å². The van der Waals surface area contributed by atoms with Crippen LogP contribution < -0.4 is 10.1 Å². The van der Waals surface area contributed by atoms with E-state index < -0.39 is 12.6 Å². The molecule has 1 aromatic rings. The van der Waals surface area contributed by atoms with Gasteiger partial charge in [0.05, 0.1) is 12.1 Å². The van der Waals surface area contributed by atoms with Crippen LogP contribution in [0, 0.1) is 0 Å². The highest BCUT2D eigenvalue weighted by atomic mass is 35.5. The van der Waals surface area contributed by atoms with Crippen molar-refractivity contribution < 1.29 is 17.9 Å². The molecule has 1 aromatic carbocycles. The number of nitrogens with one attached hydrogen (secondary N) is 1. The molecule has 1 atom stereocenters. The van der Waals surface area contributed by atoms with Gasteiger partial charge in [-0.3, -0.25) is 0 Å². The average Bonchev–Trinajstić information content (AvgIpc) is 2.37. The maximum Gasteiger partial charge on any atom is 0.389 e. The zero-order valence-corrected chi connectivity index (χ0v) is 12.3. The fourth-order valence-electron chi connectivity index (χ4n) is 1.91. The summed E-state index contributed by atoms with van der Waals surface area (Å²) in [6.45, 7) is 2.63. The van der Waals surface area contributed by atoms with Crippen molar-refractivity contribution in [3.8, 4) is 5.75 Å². The first-order valence-electron chi connectivity index (χ1n) is 6.51. The first kappa shape index (κ1) is 17.1. The normalized spacial score (nSPS) is 13.3. The van der Waals surface area contributed by atoms with Crippen molar-refractivity contribution in [2.75, 3.05) is 13.7 Å². The average molecular weight is 310 g/mol. The Kier molecular flexibility index (Phi) is 6.62. The molecule has 0 aliphatic carbocycles. The van der Waals surface area contributed by atoms with E-state index in [0.29, 0.717) is 17.3 Å². The summed E-state index contributed by atoms with van der Waals surface area (Å²) in [7, 11) is 1.50. The van der Waals surface area contributed by atoms with Crippen LogP contribution in [0.4, 0.5) is 13.2 Å². The summed E-state index contributed by atoms with van der Waals surface area (Å²) in [5, 5.41) is 3.53. The minimum atomic E-state index is -4.15. The minimum absolute atomic E-state index is 0.00778. The van der Waals surface area contributed by atoms with Crippen LogP contribution in [0.25, 0.3) is 0 Å². The third-order valence-electron chi connectivity index (χ3n) is 2.94. The quantitative estimate of drug-likeness (QED) is 0.786. The highest BCUT2D eigenvalue weighted by molar-refractivity contribution is 6.32. The number of rotatable bonds is 7. The summed E-state index contributed by atoms with van der Waals surface area (Å²) in [4.78, 5) is 0. The number of hydrogen-bond acceptors (Lipinski definition) is 2. The number of ether oxygens (including phenoxy) is 1. The predicted molar refractivity (Wildman–Crippen MR) is 74.3 cm³/mol. The van der Waals surface area contributed by atoms with Crippen molar-refractivity contribution in [2.24, 2.45) is 0 Å². The second kappa shape index (κ2) is 7.74. The SMILES string of the molecule is CCCNC(CCC(F)(F)F)c1ccc(OC)c(Cl)c1. The molecule has 1 unspecified atom stereocenters. The van der Waals surface area contributed by atoms with Gasteiger partial charge in [-0.1, -0.05) is 24.6 Å². The van der Waals surface area contributed by atoms with Crippen molar-refractivity contribution in [3.63, 3.8) is 0 Å². The molecule has 0 aliphatic heterocycles. The monoisotopic (exact) mass is 309 g/mol. The summed E-state index contributed by atoms with van der Waals surface area (Å²) in [5.74, 6) is 0.514. The third-order valence-corrected chi connectivity index (χ3v) is 3.23. The van der Waals surface area contributed by atoms with Crippen molar-refractivity contribution >= 4 is 11.6 Å². The largest absolute Gasteiger partial charge is 0.495 e. The van der Waals surface area contributed by atoms with Crippen LogP contribution in [0.2, 0.25) is 5.02 Å². The van der Waals surface area contributed by atoms with E-state index in [4.69, 9.17) is 16.3 Å². The Bertz CT molecular complexity index is 423. The van der Waals surface area contributed by atoms with E-state index in [-0.39, 0.29) is 12.5 Å². The van der Waals surface area contributed by atoms with Crippen LogP contribution in [0.3, 0.4) is 0 Å². The summed E-state index contributed by atoms with van der Waals surface area (Å²) in [6.07, 6.45) is -4.13. The maximum absolute atomic E-state index is 12.4. The lowest BCUT2D eigenvalue weighted by Crippen LogP contribution is -2.24. The summed E-state index contributed by atoms with van der Waals surface area (Å²) in [6, 6.07) is 4.71. The van der Waals surface area contributed by atoms with Crippen LogP contribution >= 0.6 is 11.6 Å². The van der Waals surface area contributed by atoms with Gasteiger partial charge in [-0.25, -0.2) is 0 Å². The molecule has 0 heterocycles. The predicted octanol–water partition coefficient (Wildman–Crippen LogP) is 4.73. The Hall–Kier alpha value is -0.940. The minimum Gasteiger partial charge on any atom is -0.495 e. The lowest BCUT2D eigenvalue weighted by Gasteiger charge is -2.20. The first-order chi connectivity index (χ1) is 9.37. The van der Waals surface area contributed by atoms with E-state index in [1.807, 2.05) is 6.92 Å². The molecule has 0 fully saturated rings. The Balaban J connectivity index is 2.83.